The third kappa shape index (κ3) is 3.25. The van der Waals surface area contributed by atoms with E-state index in [2.05, 4.69) is 0 Å². The van der Waals surface area contributed by atoms with Crippen molar-refractivity contribution in [2.75, 3.05) is 0 Å². The van der Waals surface area contributed by atoms with Crippen LogP contribution in [-0.4, -0.2) is 5.11 Å². The molecule has 2 aromatic rings. The van der Waals surface area contributed by atoms with Gasteiger partial charge in [-0.25, -0.2) is 4.39 Å². The van der Waals surface area contributed by atoms with E-state index in [-0.39, 0.29) is 0 Å². The van der Waals surface area contributed by atoms with Crippen molar-refractivity contribution in [1.29, 1.82) is 0 Å². The van der Waals surface area contributed by atoms with Gasteiger partial charge in [0, 0.05) is 5.56 Å². The standard InChI is InChI=1S/C15H14ClFO2/c1-9-3-5-13(16)15(7-9)19-14-6-4-11(17)8-12(14)10(2)18/h3-8,10,18H,1-2H3/t10-/m0/s1. The fraction of sp³-hybridized carbons (Fsp3) is 0.200. The maximum Gasteiger partial charge on any atom is 0.146 e. The molecular weight excluding hydrogens is 267 g/mol. The number of hydrogen-bond acceptors (Lipinski definition) is 2. The summed E-state index contributed by atoms with van der Waals surface area (Å²) in [7, 11) is 0. The van der Waals surface area contributed by atoms with Gasteiger partial charge in [0.1, 0.15) is 17.3 Å². The molecule has 0 saturated heterocycles. The fourth-order valence-corrected chi connectivity index (χ4v) is 1.90. The third-order valence-electron chi connectivity index (χ3n) is 2.73. The number of benzene rings is 2. The molecule has 0 saturated carbocycles. The molecule has 0 fully saturated rings. The fourth-order valence-electron chi connectivity index (χ4n) is 1.75. The zero-order valence-corrected chi connectivity index (χ0v) is 11.4. The summed E-state index contributed by atoms with van der Waals surface area (Å²) in [5.41, 5.74) is 1.39. The number of halogens is 2. The molecule has 2 nitrogen and oxygen atoms in total. The van der Waals surface area contributed by atoms with Gasteiger partial charge in [-0.3, -0.25) is 0 Å². The zero-order chi connectivity index (χ0) is 14.0. The van der Waals surface area contributed by atoms with Crippen LogP contribution >= 0.6 is 11.6 Å². The molecule has 0 spiro atoms. The third-order valence-corrected chi connectivity index (χ3v) is 3.04. The van der Waals surface area contributed by atoms with Crippen LogP contribution in [0.1, 0.15) is 24.2 Å². The highest BCUT2D eigenvalue weighted by Gasteiger charge is 2.13. The van der Waals surface area contributed by atoms with Gasteiger partial charge in [-0.1, -0.05) is 17.7 Å². The molecule has 1 N–H and O–H groups in total. The number of aliphatic hydroxyl groups is 1. The highest BCUT2D eigenvalue weighted by Crippen LogP contribution is 2.34. The molecular formula is C15H14ClFO2. The van der Waals surface area contributed by atoms with Crippen molar-refractivity contribution in [3.05, 3.63) is 58.4 Å². The average molecular weight is 281 g/mol. The largest absolute Gasteiger partial charge is 0.455 e. The Morgan fingerprint density at radius 3 is 2.58 bits per heavy atom. The molecule has 0 aliphatic rings. The van der Waals surface area contributed by atoms with Gasteiger partial charge < -0.3 is 9.84 Å². The van der Waals surface area contributed by atoms with E-state index in [9.17, 15) is 9.50 Å². The molecule has 0 heterocycles. The monoisotopic (exact) mass is 280 g/mol. The Bertz CT molecular complexity index is 597. The molecule has 0 aliphatic heterocycles. The van der Waals surface area contributed by atoms with Crippen molar-refractivity contribution in [3.63, 3.8) is 0 Å². The lowest BCUT2D eigenvalue weighted by Crippen LogP contribution is -1.97. The summed E-state index contributed by atoms with van der Waals surface area (Å²) in [5, 5.41) is 10.1. The molecule has 0 radical (unpaired) electrons. The predicted octanol–water partition coefficient (Wildman–Crippen LogP) is 4.63. The quantitative estimate of drug-likeness (QED) is 0.888. The Kier molecular flexibility index (Phi) is 4.08. The Morgan fingerprint density at radius 1 is 1.16 bits per heavy atom. The van der Waals surface area contributed by atoms with Crippen LogP contribution in [0, 0.1) is 12.7 Å². The van der Waals surface area contributed by atoms with Gasteiger partial charge in [-0.05, 0) is 49.7 Å². The Balaban J connectivity index is 2.40. The molecule has 100 valence electrons. The SMILES string of the molecule is Cc1ccc(Cl)c(Oc2ccc(F)cc2[C@H](C)O)c1. The van der Waals surface area contributed by atoms with E-state index in [0.29, 0.717) is 22.1 Å². The minimum Gasteiger partial charge on any atom is -0.455 e. The summed E-state index contributed by atoms with van der Waals surface area (Å²) >= 11 is 6.05. The lowest BCUT2D eigenvalue weighted by Gasteiger charge is -2.14. The summed E-state index contributed by atoms with van der Waals surface area (Å²) < 4.78 is 18.9. The first-order valence-corrected chi connectivity index (χ1v) is 6.26. The van der Waals surface area contributed by atoms with Crippen LogP contribution in [0.2, 0.25) is 5.02 Å². The lowest BCUT2D eigenvalue weighted by molar-refractivity contribution is 0.195. The van der Waals surface area contributed by atoms with Gasteiger partial charge in [-0.2, -0.15) is 0 Å². The van der Waals surface area contributed by atoms with Crippen LogP contribution in [0.15, 0.2) is 36.4 Å². The minimum atomic E-state index is -0.825. The van der Waals surface area contributed by atoms with E-state index in [1.54, 1.807) is 19.1 Å². The second kappa shape index (κ2) is 5.59. The Labute approximate surface area is 116 Å². The van der Waals surface area contributed by atoms with Gasteiger partial charge >= 0.3 is 0 Å². The van der Waals surface area contributed by atoms with E-state index in [1.807, 2.05) is 13.0 Å². The molecule has 2 aromatic carbocycles. The normalized spacial score (nSPS) is 12.3. The van der Waals surface area contributed by atoms with Crippen molar-refractivity contribution < 1.29 is 14.2 Å². The predicted molar refractivity (Wildman–Crippen MR) is 73.3 cm³/mol. The van der Waals surface area contributed by atoms with Crippen molar-refractivity contribution in [3.8, 4) is 11.5 Å². The van der Waals surface area contributed by atoms with E-state index < -0.39 is 11.9 Å². The highest BCUT2D eigenvalue weighted by molar-refractivity contribution is 6.32. The van der Waals surface area contributed by atoms with E-state index in [1.165, 1.54) is 18.2 Å². The lowest BCUT2D eigenvalue weighted by atomic mass is 10.1. The Hall–Kier alpha value is -1.58. The molecule has 0 aromatic heterocycles. The minimum absolute atomic E-state index is 0.387. The van der Waals surface area contributed by atoms with E-state index in [0.717, 1.165) is 5.56 Å². The van der Waals surface area contributed by atoms with E-state index in [4.69, 9.17) is 16.3 Å². The molecule has 0 unspecified atom stereocenters. The van der Waals surface area contributed by atoms with Gasteiger partial charge in [0.2, 0.25) is 0 Å². The summed E-state index contributed by atoms with van der Waals surface area (Å²) in [5.74, 6) is 0.456. The Morgan fingerprint density at radius 2 is 1.89 bits per heavy atom. The van der Waals surface area contributed by atoms with E-state index >= 15 is 0 Å². The molecule has 4 heteroatoms. The molecule has 0 bridgehead atoms. The van der Waals surface area contributed by atoms with Gasteiger partial charge in [0.05, 0.1) is 11.1 Å². The number of hydrogen-bond donors (Lipinski definition) is 1. The molecule has 2 rings (SSSR count). The summed E-state index contributed by atoms with van der Waals surface area (Å²) in [6.07, 6.45) is -0.825. The molecule has 19 heavy (non-hydrogen) atoms. The van der Waals surface area contributed by atoms with Crippen LogP contribution in [0.3, 0.4) is 0 Å². The van der Waals surface area contributed by atoms with Crippen LogP contribution < -0.4 is 4.74 Å². The summed E-state index contributed by atoms with van der Waals surface area (Å²) in [6.45, 7) is 3.48. The van der Waals surface area contributed by atoms with Gasteiger partial charge in [0.15, 0.2) is 0 Å². The average Bonchev–Trinajstić information content (AvgIpc) is 2.35. The van der Waals surface area contributed by atoms with Crippen LogP contribution in [-0.2, 0) is 0 Å². The number of rotatable bonds is 3. The highest BCUT2D eigenvalue weighted by atomic mass is 35.5. The maximum atomic E-state index is 13.2. The number of aliphatic hydroxyl groups excluding tert-OH is 1. The van der Waals surface area contributed by atoms with Crippen LogP contribution in [0.4, 0.5) is 4.39 Å². The number of aryl methyl sites for hydroxylation is 1. The van der Waals surface area contributed by atoms with Crippen molar-refractivity contribution in [2.24, 2.45) is 0 Å². The first-order chi connectivity index (χ1) is 8.97. The molecule has 0 aliphatic carbocycles. The maximum absolute atomic E-state index is 13.2. The van der Waals surface area contributed by atoms with Crippen molar-refractivity contribution >= 4 is 11.6 Å². The van der Waals surface area contributed by atoms with Crippen molar-refractivity contribution in [1.82, 2.24) is 0 Å². The first kappa shape index (κ1) is 13.8. The topological polar surface area (TPSA) is 29.5 Å². The molecule has 1 atom stereocenters. The smallest absolute Gasteiger partial charge is 0.146 e. The zero-order valence-electron chi connectivity index (χ0n) is 10.7. The summed E-state index contributed by atoms with van der Waals surface area (Å²) in [6, 6.07) is 9.41. The second-order valence-corrected chi connectivity index (χ2v) is 4.80. The molecule has 0 amide bonds. The number of ether oxygens (including phenoxy) is 1. The van der Waals surface area contributed by atoms with Crippen LogP contribution in [0.25, 0.3) is 0 Å². The second-order valence-electron chi connectivity index (χ2n) is 4.39. The van der Waals surface area contributed by atoms with Gasteiger partial charge in [0.25, 0.3) is 0 Å². The van der Waals surface area contributed by atoms with Gasteiger partial charge in [-0.15, -0.1) is 0 Å². The summed E-state index contributed by atoms with van der Waals surface area (Å²) in [4.78, 5) is 0. The van der Waals surface area contributed by atoms with Crippen molar-refractivity contribution in [2.45, 2.75) is 20.0 Å². The first-order valence-electron chi connectivity index (χ1n) is 5.89. The van der Waals surface area contributed by atoms with Crippen LogP contribution in [0.5, 0.6) is 11.5 Å².